The number of rotatable bonds is 3. The zero-order chi connectivity index (χ0) is 11.4. The lowest BCUT2D eigenvalue weighted by Crippen LogP contribution is -1.94. The van der Waals surface area contributed by atoms with Crippen LogP contribution in [0.15, 0.2) is 28.5 Å². The van der Waals surface area contributed by atoms with Gasteiger partial charge in [-0.1, -0.05) is 6.07 Å². The van der Waals surface area contributed by atoms with E-state index < -0.39 is 11.8 Å². The molecule has 0 atom stereocenters. The number of aliphatic carboxylic acids is 1. The Bertz CT molecular complexity index is 415. The monoisotopic (exact) mass is 274 g/mol. The molecule has 5 heteroatoms. The van der Waals surface area contributed by atoms with E-state index >= 15 is 0 Å². The van der Waals surface area contributed by atoms with Gasteiger partial charge in [-0.2, -0.15) is 4.39 Å². The largest absolute Gasteiger partial charge is 0.496 e. The molecule has 0 bridgehead atoms. The van der Waals surface area contributed by atoms with Crippen LogP contribution in [-0.2, 0) is 4.79 Å². The van der Waals surface area contributed by atoms with Crippen molar-refractivity contribution in [3.63, 3.8) is 0 Å². The number of carbonyl (C=O) groups is 1. The highest BCUT2D eigenvalue weighted by molar-refractivity contribution is 9.10. The Morgan fingerprint density at radius 3 is 2.73 bits per heavy atom. The highest BCUT2D eigenvalue weighted by Crippen LogP contribution is 2.26. The summed E-state index contributed by atoms with van der Waals surface area (Å²) in [6.45, 7) is 0. The highest BCUT2D eigenvalue weighted by atomic mass is 79.9. The Balaban J connectivity index is 3.03. The fraction of sp³-hybridized carbons (Fsp3) is 0.100. The summed E-state index contributed by atoms with van der Waals surface area (Å²) >= 11 is 3.21. The molecule has 0 aliphatic rings. The van der Waals surface area contributed by atoms with Gasteiger partial charge in [0.2, 0.25) is 5.83 Å². The molecule has 80 valence electrons. The molecule has 0 unspecified atom stereocenters. The lowest BCUT2D eigenvalue weighted by atomic mass is 10.2. The number of carboxylic acids is 1. The van der Waals surface area contributed by atoms with E-state index in [0.29, 0.717) is 15.8 Å². The van der Waals surface area contributed by atoms with Gasteiger partial charge in [-0.25, -0.2) is 4.79 Å². The van der Waals surface area contributed by atoms with E-state index in [1.165, 1.54) is 7.11 Å². The molecule has 0 saturated heterocycles. The average Bonchev–Trinajstić information content (AvgIpc) is 2.18. The molecule has 0 radical (unpaired) electrons. The zero-order valence-corrected chi connectivity index (χ0v) is 9.42. The Morgan fingerprint density at radius 2 is 2.27 bits per heavy atom. The molecule has 1 aromatic carbocycles. The number of carboxylic acid groups (broad SMARTS) is 1. The summed E-state index contributed by atoms with van der Waals surface area (Å²) in [5.74, 6) is -2.18. The highest BCUT2D eigenvalue weighted by Gasteiger charge is 2.06. The smallest absolute Gasteiger partial charge is 0.364 e. The van der Waals surface area contributed by atoms with Crippen molar-refractivity contribution in [2.24, 2.45) is 0 Å². The summed E-state index contributed by atoms with van der Waals surface area (Å²) in [7, 11) is 1.51. The summed E-state index contributed by atoms with van der Waals surface area (Å²) in [5.41, 5.74) is 0.447. The van der Waals surface area contributed by atoms with E-state index in [2.05, 4.69) is 15.9 Å². The van der Waals surface area contributed by atoms with Crippen LogP contribution in [0.2, 0.25) is 0 Å². The predicted molar refractivity (Wildman–Crippen MR) is 57.4 cm³/mol. The first kappa shape index (κ1) is 11.7. The van der Waals surface area contributed by atoms with Gasteiger partial charge >= 0.3 is 5.97 Å². The van der Waals surface area contributed by atoms with Crippen molar-refractivity contribution in [2.45, 2.75) is 0 Å². The second kappa shape index (κ2) is 4.93. The third-order valence-electron chi connectivity index (χ3n) is 1.67. The minimum absolute atomic E-state index is 0.447. The Morgan fingerprint density at radius 1 is 1.60 bits per heavy atom. The lowest BCUT2D eigenvalue weighted by molar-refractivity contribution is -0.134. The van der Waals surface area contributed by atoms with Crippen LogP contribution in [0, 0.1) is 0 Å². The summed E-state index contributed by atoms with van der Waals surface area (Å²) in [4.78, 5) is 10.2. The fourth-order valence-corrected chi connectivity index (χ4v) is 1.54. The van der Waals surface area contributed by atoms with Gasteiger partial charge in [0.1, 0.15) is 5.75 Å². The molecule has 1 N–H and O–H groups in total. The number of halogens is 2. The molecule has 0 saturated carbocycles. The van der Waals surface area contributed by atoms with Crippen LogP contribution >= 0.6 is 15.9 Å². The quantitative estimate of drug-likeness (QED) is 0.863. The van der Waals surface area contributed by atoms with Crippen molar-refractivity contribution in [3.8, 4) is 5.75 Å². The molecule has 0 fully saturated rings. The zero-order valence-electron chi connectivity index (χ0n) is 7.83. The maximum atomic E-state index is 12.7. The van der Waals surface area contributed by atoms with Crippen LogP contribution in [0.3, 0.4) is 0 Å². The normalized spacial score (nSPS) is 11.3. The summed E-state index contributed by atoms with van der Waals surface area (Å²) in [5, 5.41) is 8.33. The number of ether oxygens (including phenoxy) is 1. The van der Waals surface area contributed by atoms with Gasteiger partial charge in [0.05, 0.1) is 11.6 Å². The summed E-state index contributed by atoms with van der Waals surface area (Å²) in [6, 6.07) is 4.75. The van der Waals surface area contributed by atoms with E-state index in [1.807, 2.05) is 0 Å². The first-order valence-electron chi connectivity index (χ1n) is 3.98. The van der Waals surface area contributed by atoms with Gasteiger partial charge in [0, 0.05) is 0 Å². The number of hydrogen-bond donors (Lipinski definition) is 1. The summed E-state index contributed by atoms with van der Waals surface area (Å²) in [6.07, 6.45) is 0.937. The van der Waals surface area contributed by atoms with Gasteiger partial charge < -0.3 is 9.84 Å². The SMILES string of the molecule is COc1ccc(/C=C(/F)C(=O)O)cc1Br. The summed E-state index contributed by atoms with van der Waals surface area (Å²) < 4.78 is 18.4. The molecule has 0 aromatic heterocycles. The molecular weight excluding hydrogens is 267 g/mol. The lowest BCUT2D eigenvalue weighted by Gasteiger charge is -2.03. The van der Waals surface area contributed by atoms with Gasteiger partial charge in [-0.3, -0.25) is 0 Å². The van der Waals surface area contributed by atoms with E-state index in [1.54, 1.807) is 18.2 Å². The minimum Gasteiger partial charge on any atom is -0.496 e. The van der Waals surface area contributed by atoms with Crippen molar-refractivity contribution >= 4 is 28.0 Å². The molecule has 0 aliphatic heterocycles. The number of benzene rings is 1. The van der Waals surface area contributed by atoms with Gasteiger partial charge in [0.25, 0.3) is 0 Å². The van der Waals surface area contributed by atoms with E-state index in [4.69, 9.17) is 9.84 Å². The van der Waals surface area contributed by atoms with Crippen molar-refractivity contribution < 1.29 is 19.0 Å². The van der Waals surface area contributed by atoms with E-state index in [-0.39, 0.29) is 0 Å². The predicted octanol–water partition coefficient (Wildman–Crippen LogP) is 2.85. The standard InChI is InChI=1S/C10H8BrFO3/c1-15-9-3-2-6(4-7(9)11)5-8(12)10(13)14/h2-5H,1H3,(H,13,14)/b8-5+. The first-order valence-corrected chi connectivity index (χ1v) is 4.78. The Hall–Kier alpha value is -1.36. The Labute approximate surface area is 94.3 Å². The molecule has 3 nitrogen and oxygen atoms in total. The molecule has 0 aliphatic carbocycles. The molecule has 1 rings (SSSR count). The molecule has 1 aromatic rings. The molecule has 0 heterocycles. The third-order valence-corrected chi connectivity index (χ3v) is 2.29. The molecule has 0 spiro atoms. The Kier molecular flexibility index (Phi) is 3.85. The first-order chi connectivity index (χ1) is 7.04. The average molecular weight is 275 g/mol. The number of hydrogen-bond acceptors (Lipinski definition) is 2. The molecule has 15 heavy (non-hydrogen) atoms. The fourth-order valence-electron chi connectivity index (χ4n) is 0.980. The van der Waals surface area contributed by atoms with Crippen molar-refractivity contribution in [2.75, 3.05) is 7.11 Å². The third kappa shape index (κ3) is 3.06. The van der Waals surface area contributed by atoms with E-state index in [9.17, 15) is 9.18 Å². The van der Waals surface area contributed by atoms with Crippen LogP contribution in [0.5, 0.6) is 5.75 Å². The topological polar surface area (TPSA) is 46.5 Å². The van der Waals surface area contributed by atoms with Crippen LogP contribution < -0.4 is 4.74 Å². The van der Waals surface area contributed by atoms with Crippen molar-refractivity contribution in [1.82, 2.24) is 0 Å². The van der Waals surface area contributed by atoms with Crippen LogP contribution in [0.25, 0.3) is 6.08 Å². The second-order valence-electron chi connectivity index (χ2n) is 2.69. The van der Waals surface area contributed by atoms with E-state index in [0.717, 1.165) is 6.08 Å². The van der Waals surface area contributed by atoms with Gasteiger partial charge in [-0.15, -0.1) is 0 Å². The van der Waals surface area contributed by atoms with Crippen LogP contribution in [-0.4, -0.2) is 18.2 Å². The van der Waals surface area contributed by atoms with Crippen molar-refractivity contribution in [1.29, 1.82) is 0 Å². The van der Waals surface area contributed by atoms with Crippen LogP contribution in [0.4, 0.5) is 4.39 Å². The van der Waals surface area contributed by atoms with Crippen molar-refractivity contribution in [3.05, 3.63) is 34.1 Å². The second-order valence-corrected chi connectivity index (χ2v) is 3.55. The maximum Gasteiger partial charge on any atom is 0.364 e. The van der Waals surface area contributed by atoms with Gasteiger partial charge in [-0.05, 0) is 39.7 Å². The molecule has 0 amide bonds. The maximum absolute atomic E-state index is 12.7. The van der Waals surface area contributed by atoms with Gasteiger partial charge in [0.15, 0.2) is 0 Å². The minimum atomic E-state index is -1.58. The van der Waals surface area contributed by atoms with Crippen LogP contribution in [0.1, 0.15) is 5.56 Å². The number of methoxy groups -OCH3 is 1. The molecular formula is C10H8BrFO3.